The second kappa shape index (κ2) is 7.49. The summed E-state index contributed by atoms with van der Waals surface area (Å²) >= 11 is 0. The molecule has 0 unspecified atom stereocenters. The van der Waals surface area contributed by atoms with Crippen molar-refractivity contribution in [3.8, 4) is 17.4 Å². The Morgan fingerprint density at radius 2 is 1.97 bits per heavy atom. The molecule has 4 aromatic rings. The molecule has 2 heterocycles. The Morgan fingerprint density at radius 3 is 2.69 bits per heavy atom. The first-order valence-corrected chi connectivity index (χ1v) is 8.94. The number of benzene rings is 2. The van der Waals surface area contributed by atoms with E-state index >= 15 is 0 Å². The number of esters is 1. The third-order valence-electron chi connectivity index (χ3n) is 4.52. The van der Waals surface area contributed by atoms with Crippen molar-refractivity contribution in [3.63, 3.8) is 0 Å². The van der Waals surface area contributed by atoms with Crippen molar-refractivity contribution in [2.24, 2.45) is 0 Å². The Bertz CT molecular complexity index is 1270. The number of rotatable bonds is 4. The lowest BCUT2D eigenvalue weighted by Crippen LogP contribution is -2.00. The number of hydrogen-bond acceptors (Lipinski definition) is 5. The molecule has 0 spiro atoms. The van der Waals surface area contributed by atoms with E-state index in [0.29, 0.717) is 28.5 Å². The molecule has 0 saturated carbocycles. The number of imidazole rings is 1. The van der Waals surface area contributed by atoms with Gasteiger partial charge in [-0.2, -0.15) is 5.26 Å². The summed E-state index contributed by atoms with van der Waals surface area (Å²) in [7, 11) is 1.34. The molecule has 2 aromatic carbocycles. The topological polar surface area (TPSA) is 91.9 Å². The van der Waals surface area contributed by atoms with E-state index in [-0.39, 0.29) is 5.97 Å². The van der Waals surface area contributed by atoms with Crippen molar-refractivity contribution in [1.29, 1.82) is 5.26 Å². The van der Waals surface area contributed by atoms with Crippen LogP contribution < -0.4 is 0 Å². The van der Waals surface area contributed by atoms with Crippen molar-refractivity contribution >= 4 is 28.7 Å². The van der Waals surface area contributed by atoms with E-state index < -0.39 is 0 Å². The molecule has 0 atom stereocenters. The third-order valence-corrected chi connectivity index (χ3v) is 4.52. The Morgan fingerprint density at radius 1 is 1.17 bits per heavy atom. The number of carbonyl (C=O) groups is 1. The molecule has 0 bridgehead atoms. The van der Waals surface area contributed by atoms with E-state index in [9.17, 15) is 10.1 Å². The van der Waals surface area contributed by atoms with Crippen LogP contribution in [-0.4, -0.2) is 23.0 Å². The van der Waals surface area contributed by atoms with Gasteiger partial charge in [0.2, 0.25) is 0 Å². The van der Waals surface area contributed by atoms with Gasteiger partial charge in [-0.3, -0.25) is 0 Å². The minimum atomic E-state index is -0.390. The molecular weight excluding hydrogens is 366 g/mol. The van der Waals surface area contributed by atoms with Gasteiger partial charge in [-0.25, -0.2) is 9.78 Å². The molecule has 1 N–H and O–H groups in total. The standard InChI is InChI=1S/C23H17N3O3/c1-14-3-9-19-20(11-14)26-22(25-19)17(13-24)12-18-8-10-21(29-18)15-4-6-16(7-5-15)23(27)28-2/h3-12H,1-2H3,(H,25,26). The number of ether oxygens (including phenoxy) is 1. The average molecular weight is 383 g/mol. The minimum Gasteiger partial charge on any atom is -0.465 e. The van der Waals surface area contributed by atoms with Gasteiger partial charge in [-0.1, -0.05) is 18.2 Å². The molecular formula is C23H17N3O3. The van der Waals surface area contributed by atoms with Gasteiger partial charge in [0.1, 0.15) is 23.4 Å². The quantitative estimate of drug-likeness (QED) is 0.396. The second-order valence-corrected chi connectivity index (χ2v) is 6.55. The zero-order valence-corrected chi connectivity index (χ0v) is 15.9. The Balaban J connectivity index is 1.63. The van der Waals surface area contributed by atoms with Crippen LogP contribution in [0.2, 0.25) is 0 Å². The summed E-state index contributed by atoms with van der Waals surface area (Å²) in [5.41, 5.74) is 4.46. The van der Waals surface area contributed by atoms with E-state index in [0.717, 1.165) is 22.2 Å². The highest BCUT2D eigenvalue weighted by Gasteiger charge is 2.11. The molecule has 6 heteroatoms. The van der Waals surface area contributed by atoms with Crippen LogP contribution in [0.15, 0.2) is 59.0 Å². The fourth-order valence-corrected chi connectivity index (χ4v) is 3.02. The second-order valence-electron chi connectivity index (χ2n) is 6.55. The predicted molar refractivity (Wildman–Crippen MR) is 110 cm³/mol. The highest BCUT2D eigenvalue weighted by molar-refractivity contribution is 5.91. The number of furan rings is 1. The van der Waals surface area contributed by atoms with Crippen molar-refractivity contribution in [3.05, 3.63) is 77.3 Å². The zero-order chi connectivity index (χ0) is 20.4. The number of fused-ring (bicyclic) bond motifs is 1. The molecule has 0 aliphatic rings. The van der Waals surface area contributed by atoms with E-state index in [2.05, 4.69) is 16.0 Å². The first kappa shape index (κ1) is 18.3. The van der Waals surface area contributed by atoms with E-state index in [1.54, 1.807) is 36.4 Å². The molecule has 2 aromatic heterocycles. The van der Waals surface area contributed by atoms with Crippen LogP contribution >= 0.6 is 0 Å². The highest BCUT2D eigenvalue weighted by Crippen LogP contribution is 2.26. The van der Waals surface area contributed by atoms with Gasteiger partial charge in [-0.05, 0) is 48.9 Å². The SMILES string of the molecule is COC(=O)c1ccc(-c2ccc(C=C(C#N)c3nc4ccc(C)cc4[nH]3)o2)cc1. The predicted octanol–water partition coefficient (Wildman–Crippen LogP) is 4.98. The molecule has 29 heavy (non-hydrogen) atoms. The molecule has 0 radical (unpaired) electrons. The van der Waals surface area contributed by atoms with Crippen molar-refractivity contribution in [2.45, 2.75) is 6.92 Å². The maximum atomic E-state index is 11.5. The summed E-state index contributed by atoms with van der Waals surface area (Å²) in [6, 6.07) is 18.6. The van der Waals surface area contributed by atoms with E-state index in [1.807, 2.05) is 31.2 Å². The maximum absolute atomic E-state index is 11.5. The van der Waals surface area contributed by atoms with Crippen LogP contribution in [0.5, 0.6) is 0 Å². The zero-order valence-electron chi connectivity index (χ0n) is 15.9. The van der Waals surface area contributed by atoms with Crippen molar-refractivity contribution in [1.82, 2.24) is 9.97 Å². The molecule has 0 saturated heterocycles. The molecule has 0 fully saturated rings. The van der Waals surface area contributed by atoms with E-state index in [1.165, 1.54) is 7.11 Å². The number of nitrogens with one attached hydrogen (secondary N) is 1. The number of nitrogens with zero attached hydrogens (tertiary/aromatic N) is 2. The first-order chi connectivity index (χ1) is 14.1. The molecule has 0 aliphatic heterocycles. The monoisotopic (exact) mass is 383 g/mol. The summed E-state index contributed by atoms with van der Waals surface area (Å²) in [4.78, 5) is 19.2. The number of H-pyrrole nitrogens is 1. The van der Waals surface area contributed by atoms with Crippen LogP contribution in [0.4, 0.5) is 0 Å². The minimum absolute atomic E-state index is 0.376. The van der Waals surface area contributed by atoms with Gasteiger partial charge in [0.05, 0.1) is 29.3 Å². The van der Waals surface area contributed by atoms with Crippen LogP contribution in [0, 0.1) is 18.3 Å². The fourth-order valence-electron chi connectivity index (χ4n) is 3.02. The summed E-state index contributed by atoms with van der Waals surface area (Å²) in [5.74, 6) is 1.27. The van der Waals surface area contributed by atoms with Gasteiger partial charge in [0.25, 0.3) is 0 Å². The van der Waals surface area contributed by atoms with Gasteiger partial charge in [-0.15, -0.1) is 0 Å². The number of aromatic nitrogens is 2. The molecule has 0 aliphatic carbocycles. The number of carbonyl (C=O) groups excluding carboxylic acids is 1. The van der Waals surface area contributed by atoms with Crippen LogP contribution in [0.3, 0.4) is 0 Å². The number of allylic oxidation sites excluding steroid dienone is 1. The average Bonchev–Trinajstić information content (AvgIpc) is 3.38. The lowest BCUT2D eigenvalue weighted by molar-refractivity contribution is 0.0600. The third kappa shape index (κ3) is 3.66. The molecule has 142 valence electrons. The lowest BCUT2D eigenvalue weighted by atomic mass is 10.1. The molecule has 0 amide bonds. The normalized spacial score (nSPS) is 11.4. The van der Waals surface area contributed by atoms with Crippen LogP contribution in [-0.2, 0) is 4.74 Å². The Kier molecular flexibility index (Phi) is 4.71. The number of aryl methyl sites for hydroxylation is 1. The smallest absolute Gasteiger partial charge is 0.337 e. The van der Waals surface area contributed by atoms with Crippen molar-refractivity contribution in [2.75, 3.05) is 7.11 Å². The fraction of sp³-hybridized carbons (Fsp3) is 0.0870. The van der Waals surface area contributed by atoms with Gasteiger partial charge < -0.3 is 14.1 Å². The number of methoxy groups -OCH3 is 1. The summed E-state index contributed by atoms with van der Waals surface area (Å²) in [5, 5.41) is 9.59. The Labute approximate surface area is 167 Å². The summed E-state index contributed by atoms with van der Waals surface area (Å²) < 4.78 is 10.6. The lowest BCUT2D eigenvalue weighted by Gasteiger charge is -2.00. The first-order valence-electron chi connectivity index (χ1n) is 8.94. The van der Waals surface area contributed by atoms with Crippen LogP contribution in [0.1, 0.15) is 27.5 Å². The number of hydrogen-bond donors (Lipinski definition) is 1. The number of nitriles is 1. The van der Waals surface area contributed by atoms with E-state index in [4.69, 9.17) is 9.15 Å². The molecule has 6 nitrogen and oxygen atoms in total. The van der Waals surface area contributed by atoms with Gasteiger partial charge in [0.15, 0.2) is 0 Å². The van der Waals surface area contributed by atoms with Crippen molar-refractivity contribution < 1.29 is 13.9 Å². The largest absolute Gasteiger partial charge is 0.465 e. The highest BCUT2D eigenvalue weighted by atomic mass is 16.5. The maximum Gasteiger partial charge on any atom is 0.337 e. The van der Waals surface area contributed by atoms with Gasteiger partial charge >= 0.3 is 5.97 Å². The van der Waals surface area contributed by atoms with Crippen LogP contribution in [0.25, 0.3) is 34.0 Å². The summed E-state index contributed by atoms with van der Waals surface area (Å²) in [6.45, 7) is 2.00. The molecule has 4 rings (SSSR count). The summed E-state index contributed by atoms with van der Waals surface area (Å²) in [6.07, 6.45) is 1.65. The van der Waals surface area contributed by atoms with Gasteiger partial charge in [0, 0.05) is 11.6 Å². The Hall–Kier alpha value is -4.11. The number of aromatic amines is 1.